The van der Waals surface area contributed by atoms with Crippen LogP contribution in [0.3, 0.4) is 0 Å². The van der Waals surface area contributed by atoms with Crippen molar-refractivity contribution in [3.05, 3.63) is 70.3 Å². The third kappa shape index (κ3) is 8.66. The lowest BCUT2D eigenvalue weighted by Gasteiger charge is -2.12. The highest BCUT2D eigenvalue weighted by Gasteiger charge is 2.15. The van der Waals surface area contributed by atoms with E-state index in [4.69, 9.17) is 10.2 Å². The van der Waals surface area contributed by atoms with E-state index in [1.54, 1.807) is 26.0 Å². The normalized spacial score (nSPS) is 12.6. The second kappa shape index (κ2) is 12.8. The molecule has 0 aromatic heterocycles. The van der Waals surface area contributed by atoms with Gasteiger partial charge < -0.3 is 10.2 Å². The summed E-state index contributed by atoms with van der Waals surface area (Å²) in [5.74, 6) is -1.55. The molecule has 0 fully saturated rings. The van der Waals surface area contributed by atoms with Crippen LogP contribution in [0.15, 0.2) is 42.5 Å². The lowest BCUT2D eigenvalue weighted by Crippen LogP contribution is -2.09. The Labute approximate surface area is 191 Å². The van der Waals surface area contributed by atoms with E-state index in [9.17, 15) is 14.4 Å². The van der Waals surface area contributed by atoms with E-state index in [-0.39, 0.29) is 0 Å². The van der Waals surface area contributed by atoms with Gasteiger partial charge in [-0.25, -0.2) is 0 Å². The summed E-state index contributed by atoms with van der Waals surface area (Å²) in [7, 11) is 0. The van der Waals surface area contributed by atoms with Crippen LogP contribution >= 0.6 is 0 Å². The summed E-state index contributed by atoms with van der Waals surface area (Å²) in [4.78, 5) is 32.6. The number of rotatable bonds is 9. The number of carbonyl (C=O) groups excluding carboxylic acids is 1. The first-order valence-corrected chi connectivity index (χ1v) is 11.1. The van der Waals surface area contributed by atoms with Gasteiger partial charge in [0.15, 0.2) is 0 Å². The predicted octanol–water partition coefficient (Wildman–Crippen LogP) is 5.96. The molecule has 0 heterocycles. The van der Waals surface area contributed by atoms with Gasteiger partial charge in [-0.15, -0.1) is 0 Å². The number of carboxylic acids is 2. The molecule has 5 nitrogen and oxygen atoms in total. The van der Waals surface area contributed by atoms with E-state index < -0.39 is 23.8 Å². The summed E-state index contributed by atoms with van der Waals surface area (Å²) in [5, 5.41) is 17.8. The van der Waals surface area contributed by atoms with E-state index in [0.29, 0.717) is 23.0 Å². The first-order valence-electron chi connectivity index (χ1n) is 11.1. The van der Waals surface area contributed by atoms with Gasteiger partial charge in [-0.1, -0.05) is 64.1 Å². The lowest BCUT2D eigenvalue weighted by atomic mass is 9.93. The van der Waals surface area contributed by atoms with Crippen molar-refractivity contribution >= 4 is 18.2 Å². The Kier molecular flexibility index (Phi) is 10.8. The molecule has 0 bridgehead atoms. The molecule has 5 heteroatoms. The average Bonchev–Trinajstić information content (AvgIpc) is 2.73. The smallest absolute Gasteiger partial charge is 0.310 e. The van der Waals surface area contributed by atoms with Crippen molar-refractivity contribution in [2.45, 2.75) is 66.2 Å². The highest BCUT2D eigenvalue weighted by atomic mass is 16.4. The first-order chi connectivity index (χ1) is 15.0. The van der Waals surface area contributed by atoms with Crippen LogP contribution in [0.1, 0.15) is 86.0 Å². The van der Waals surface area contributed by atoms with Gasteiger partial charge in [-0.05, 0) is 66.8 Å². The molecule has 0 aliphatic carbocycles. The van der Waals surface area contributed by atoms with Crippen molar-refractivity contribution in [2.75, 3.05) is 0 Å². The zero-order valence-corrected chi connectivity index (χ0v) is 20.0. The summed E-state index contributed by atoms with van der Waals surface area (Å²) in [6, 6.07) is 13.2. The SMILES string of the molecule is CC(C)Cc1ccc(C(C)C(=O)O)cc1.CC(C)Cc1ccc(C(C)C(=O)O)cc1C=O. The quantitative estimate of drug-likeness (QED) is 0.470. The summed E-state index contributed by atoms with van der Waals surface area (Å²) in [6.45, 7) is 11.8. The molecular weight excluding hydrogens is 404 g/mol. The van der Waals surface area contributed by atoms with Crippen LogP contribution in [0.25, 0.3) is 0 Å². The Morgan fingerprint density at radius 2 is 1.22 bits per heavy atom. The first kappa shape index (κ1) is 27.1. The molecule has 174 valence electrons. The summed E-state index contributed by atoms with van der Waals surface area (Å²) < 4.78 is 0. The number of hydrogen-bond donors (Lipinski definition) is 2. The molecule has 2 rings (SSSR count). The van der Waals surface area contributed by atoms with E-state index in [0.717, 1.165) is 30.3 Å². The fourth-order valence-corrected chi connectivity index (χ4v) is 3.32. The maximum absolute atomic E-state index is 11.0. The molecule has 32 heavy (non-hydrogen) atoms. The monoisotopic (exact) mass is 440 g/mol. The lowest BCUT2D eigenvalue weighted by molar-refractivity contribution is -0.139. The number of carbonyl (C=O) groups is 3. The van der Waals surface area contributed by atoms with Gasteiger partial charge in [0, 0.05) is 5.56 Å². The molecule has 0 saturated carbocycles. The number of carboxylic acid groups (broad SMARTS) is 2. The van der Waals surface area contributed by atoms with Gasteiger partial charge in [0.1, 0.15) is 6.29 Å². The van der Waals surface area contributed by atoms with Gasteiger partial charge >= 0.3 is 11.9 Å². The van der Waals surface area contributed by atoms with Crippen LogP contribution in [0.4, 0.5) is 0 Å². The largest absolute Gasteiger partial charge is 0.481 e. The van der Waals surface area contributed by atoms with Crippen molar-refractivity contribution in [3.63, 3.8) is 0 Å². The van der Waals surface area contributed by atoms with Crippen molar-refractivity contribution < 1.29 is 24.6 Å². The van der Waals surface area contributed by atoms with Crippen molar-refractivity contribution in [2.24, 2.45) is 11.8 Å². The third-order valence-corrected chi connectivity index (χ3v) is 5.29. The van der Waals surface area contributed by atoms with E-state index >= 15 is 0 Å². The molecule has 0 amide bonds. The molecule has 2 atom stereocenters. The molecule has 2 N–H and O–H groups in total. The number of hydrogen-bond acceptors (Lipinski definition) is 3. The van der Waals surface area contributed by atoms with Crippen LogP contribution in [-0.2, 0) is 22.4 Å². The van der Waals surface area contributed by atoms with Gasteiger partial charge in [0.25, 0.3) is 0 Å². The zero-order valence-electron chi connectivity index (χ0n) is 20.0. The molecule has 0 aliphatic rings. The maximum Gasteiger partial charge on any atom is 0.310 e. The molecule has 2 aromatic carbocycles. The Bertz CT molecular complexity index is 897. The minimum Gasteiger partial charge on any atom is -0.481 e. The van der Waals surface area contributed by atoms with E-state index in [1.807, 2.05) is 30.3 Å². The van der Waals surface area contributed by atoms with Gasteiger partial charge in [0.2, 0.25) is 0 Å². The van der Waals surface area contributed by atoms with Crippen molar-refractivity contribution in [3.8, 4) is 0 Å². The second-order valence-electron chi connectivity index (χ2n) is 9.13. The van der Waals surface area contributed by atoms with Crippen LogP contribution in [0.2, 0.25) is 0 Å². The van der Waals surface area contributed by atoms with Gasteiger partial charge in [-0.2, -0.15) is 0 Å². The molecule has 0 saturated heterocycles. The summed E-state index contributed by atoms with van der Waals surface area (Å²) >= 11 is 0. The fraction of sp³-hybridized carbons (Fsp3) is 0.444. The molecule has 2 aromatic rings. The average molecular weight is 441 g/mol. The molecule has 0 spiro atoms. The van der Waals surface area contributed by atoms with Crippen molar-refractivity contribution in [1.82, 2.24) is 0 Å². The molecule has 0 radical (unpaired) electrons. The fourth-order valence-electron chi connectivity index (χ4n) is 3.32. The minimum atomic E-state index is -0.876. The third-order valence-electron chi connectivity index (χ3n) is 5.29. The van der Waals surface area contributed by atoms with Gasteiger partial charge in [0.05, 0.1) is 11.8 Å². The minimum absolute atomic E-state index is 0.418. The summed E-state index contributed by atoms with van der Waals surface area (Å²) in [6.07, 6.45) is 2.67. The predicted molar refractivity (Wildman–Crippen MR) is 127 cm³/mol. The molecule has 2 unspecified atom stereocenters. The standard InChI is InChI=1S/C14H18O3.C13H18O2/c1-9(2)6-12-5-4-11(7-13(12)8-15)10(3)14(16)17;1-9(2)8-11-4-6-12(7-5-11)10(3)13(14)15/h4-5,7-10H,6H2,1-3H3,(H,16,17);4-7,9-10H,8H2,1-3H3,(H,14,15). The van der Waals surface area contributed by atoms with Gasteiger partial charge in [-0.3, -0.25) is 14.4 Å². The molecule has 0 aliphatic heterocycles. The van der Waals surface area contributed by atoms with Crippen LogP contribution in [-0.4, -0.2) is 28.4 Å². The van der Waals surface area contributed by atoms with Crippen molar-refractivity contribution in [1.29, 1.82) is 0 Å². The Balaban J connectivity index is 0.000000323. The Morgan fingerprint density at radius 1 is 0.750 bits per heavy atom. The highest BCUT2D eigenvalue weighted by Crippen LogP contribution is 2.21. The summed E-state index contributed by atoms with van der Waals surface area (Å²) in [5.41, 5.74) is 4.40. The number of aliphatic carboxylic acids is 2. The number of benzene rings is 2. The second-order valence-corrected chi connectivity index (χ2v) is 9.13. The van der Waals surface area contributed by atoms with Crippen LogP contribution < -0.4 is 0 Å². The Hall–Kier alpha value is -2.95. The van der Waals surface area contributed by atoms with Crippen LogP contribution in [0, 0.1) is 11.8 Å². The zero-order chi connectivity index (χ0) is 24.4. The number of aldehydes is 1. The highest BCUT2D eigenvalue weighted by molar-refractivity contribution is 5.80. The Morgan fingerprint density at radius 3 is 1.66 bits per heavy atom. The molecular formula is C27H36O5. The van der Waals surface area contributed by atoms with Crippen LogP contribution in [0.5, 0.6) is 0 Å². The maximum atomic E-state index is 11.0. The van der Waals surface area contributed by atoms with E-state index in [2.05, 4.69) is 27.7 Å². The topological polar surface area (TPSA) is 91.7 Å². The van der Waals surface area contributed by atoms with E-state index in [1.165, 1.54) is 5.56 Å².